The molecule has 5 heteroatoms. The summed E-state index contributed by atoms with van der Waals surface area (Å²) in [6.07, 6.45) is 0.766. The smallest absolute Gasteiger partial charge is 0.142 e. The molecule has 0 aromatic heterocycles. The van der Waals surface area contributed by atoms with Gasteiger partial charge in [-0.05, 0) is 48.4 Å². The second-order valence-corrected chi connectivity index (χ2v) is 5.15. The van der Waals surface area contributed by atoms with Crippen LogP contribution < -0.4 is 10.5 Å². The molecule has 0 heterocycles. The van der Waals surface area contributed by atoms with Crippen LogP contribution in [0.25, 0.3) is 0 Å². The lowest BCUT2D eigenvalue weighted by molar-refractivity contribution is 0.305. The van der Waals surface area contributed by atoms with Crippen LogP contribution >= 0.6 is 23.2 Å². The average Bonchev–Trinajstić information content (AvgIpc) is 2.42. The first-order chi connectivity index (χ1) is 9.60. The zero-order valence-electron chi connectivity index (χ0n) is 10.7. The van der Waals surface area contributed by atoms with Crippen molar-refractivity contribution in [3.8, 4) is 5.75 Å². The van der Waals surface area contributed by atoms with Crippen molar-refractivity contribution >= 4 is 23.2 Å². The highest BCUT2D eigenvalue weighted by Crippen LogP contribution is 2.26. The van der Waals surface area contributed by atoms with E-state index in [1.165, 1.54) is 12.1 Å². The van der Waals surface area contributed by atoms with E-state index in [1.54, 1.807) is 12.1 Å². The van der Waals surface area contributed by atoms with E-state index in [-0.39, 0.29) is 11.6 Å². The Morgan fingerprint density at radius 2 is 1.75 bits per heavy atom. The second-order valence-electron chi connectivity index (χ2n) is 4.34. The van der Waals surface area contributed by atoms with Gasteiger partial charge < -0.3 is 10.5 Å². The zero-order chi connectivity index (χ0) is 14.5. The highest BCUT2D eigenvalue weighted by Gasteiger charge is 2.05. The first-order valence-electron chi connectivity index (χ1n) is 6.15. The standard InChI is InChI=1S/C15H14Cl2FNO/c16-12-3-1-11(8-14(12)18)9-20-15-4-2-10(5-6-19)7-13(15)17/h1-4,7-8H,5-6,9,19H2. The topological polar surface area (TPSA) is 35.2 Å². The number of benzene rings is 2. The minimum Gasteiger partial charge on any atom is -0.487 e. The van der Waals surface area contributed by atoms with Crippen molar-refractivity contribution < 1.29 is 9.13 Å². The first kappa shape index (κ1) is 15.1. The molecule has 106 valence electrons. The third-order valence-electron chi connectivity index (χ3n) is 2.81. The highest BCUT2D eigenvalue weighted by molar-refractivity contribution is 6.32. The second kappa shape index (κ2) is 6.93. The summed E-state index contributed by atoms with van der Waals surface area (Å²) < 4.78 is 18.9. The largest absolute Gasteiger partial charge is 0.487 e. The molecule has 0 saturated carbocycles. The Kier molecular flexibility index (Phi) is 5.24. The SMILES string of the molecule is NCCc1ccc(OCc2ccc(Cl)c(F)c2)c(Cl)c1. The molecule has 0 spiro atoms. The molecule has 0 atom stereocenters. The number of rotatable bonds is 5. The van der Waals surface area contributed by atoms with Crippen molar-refractivity contribution in [3.05, 3.63) is 63.4 Å². The van der Waals surface area contributed by atoms with E-state index < -0.39 is 5.82 Å². The molecule has 0 aliphatic heterocycles. The van der Waals surface area contributed by atoms with E-state index in [9.17, 15) is 4.39 Å². The molecule has 2 N–H and O–H groups in total. The van der Waals surface area contributed by atoms with Gasteiger partial charge in [-0.1, -0.05) is 35.3 Å². The van der Waals surface area contributed by atoms with Crippen LogP contribution in [0.4, 0.5) is 4.39 Å². The number of hydrogen-bond acceptors (Lipinski definition) is 2. The lowest BCUT2D eigenvalue weighted by Crippen LogP contribution is -2.03. The number of halogens is 3. The van der Waals surface area contributed by atoms with Crippen LogP contribution in [-0.2, 0) is 13.0 Å². The van der Waals surface area contributed by atoms with E-state index in [4.69, 9.17) is 33.7 Å². The van der Waals surface area contributed by atoms with Gasteiger partial charge in [0.1, 0.15) is 18.2 Å². The maximum absolute atomic E-state index is 13.3. The molecule has 0 unspecified atom stereocenters. The molecule has 2 aromatic rings. The lowest BCUT2D eigenvalue weighted by Gasteiger charge is -2.10. The average molecular weight is 314 g/mol. The molecule has 0 saturated heterocycles. The number of hydrogen-bond donors (Lipinski definition) is 1. The monoisotopic (exact) mass is 313 g/mol. The van der Waals surface area contributed by atoms with E-state index in [0.717, 1.165) is 12.0 Å². The fraction of sp³-hybridized carbons (Fsp3) is 0.200. The Bertz CT molecular complexity index is 604. The van der Waals surface area contributed by atoms with Gasteiger partial charge in [-0.2, -0.15) is 0 Å². The molecule has 0 aliphatic rings. The minimum absolute atomic E-state index is 0.0953. The summed E-state index contributed by atoms with van der Waals surface area (Å²) in [7, 11) is 0. The van der Waals surface area contributed by atoms with Gasteiger partial charge in [-0.25, -0.2) is 4.39 Å². The van der Waals surface area contributed by atoms with Crippen molar-refractivity contribution in [1.29, 1.82) is 0 Å². The minimum atomic E-state index is -0.461. The zero-order valence-corrected chi connectivity index (χ0v) is 12.2. The maximum Gasteiger partial charge on any atom is 0.142 e. The molecule has 0 bridgehead atoms. The Morgan fingerprint density at radius 1 is 1.00 bits per heavy atom. The van der Waals surface area contributed by atoms with E-state index in [0.29, 0.717) is 22.9 Å². The van der Waals surface area contributed by atoms with Gasteiger partial charge in [0.25, 0.3) is 0 Å². The molecule has 2 aromatic carbocycles. The maximum atomic E-state index is 13.3. The summed E-state index contributed by atoms with van der Waals surface area (Å²) in [5.41, 5.74) is 7.24. The van der Waals surface area contributed by atoms with Crippen LogP contribution in [-0.4, -0.2) is 6.54 Å². The van der Waals surface area contributed by atoms with Crippen molar-refractivity contribution in [2.75, 3.05) is 6.54 Å². The van der Waals surface area contributed by atoms with Crippen LogP contribution in [0.5, 0.6) is 5.75 Å². The van der Waals surface area contributed by atoms with Crippen LogP contribution in [0.2, 0.25) is 10.0 Å². The molecule has 2 rings (SSSR count). The third-order valence-corrected chi connectivity index (χ3v) is 3.41. The summed E-state index contributed by atoms with van der Waals surface area (Å²) >= 11 is 11.7. The molecule has 0 fully saturated rings. The summed E-state index contributed by atoms with van der Waals surface area (Å²) in [5.74, 6) is 0.0972. The predicted molar refractivity (Wildman–Crippen MR) is 80.0 cm³/mol. The molecule has 0 amide bonds. The lowest BCUT2D eigenvalue weighted by atomic mass is 10.1. The quantitative estimate of drug-likeness (QED) is 0.897. The molecule has 0 radical (unpaired) electrons. The number of nitrogens with two attached hydrogens (primary N) is 1. The molecular weight excluding hydrogens is 300 g/mol. The van der Waals surface area contributed by atoms with Gasteiger partial charge in [0.05, 0.1) is 10.0 Å². The van der Waals surface area contributed by atoms with Gasteiger partial charge in [0.2, 0.25) is 0 Å². The fourth-order valence-corrected chi connectivity index (χ4v) is 2.15. The van der Waals surface area contributed by atoms with E-state index in [2.05, 4.69) is 0 Å². The van der Waals surface area contributed by atoms with Crippen LogP contribution in [0.1, 0.15) is 11.1 Å². The van der Waals surface area contributed by atoms with Crippen molar-refractivity contribution in [2.24, 2.45) is 5.73 Å². The van der Waals surface area contributed by atoms with Gasteiger partial charge in [0.15, 0.2) is 0 Å². The van der Waals surface area contributed by atoms with Crippen LogP contribution in [0.3, 0.4) is 0 Å². The fourth-order valence-electron chi connectivity index (χ4n) is 1.77. The van der Waals surface area contributed by atoms with Crippen LogP contribution in [0.15, 0.2) is 36.4 Å². The summed E-state index contributed by atoms with van der Waals surface area (Å²) in [6.45, 7) is 0.796. The first-order valence-corrected chi connectivity index (χ1v) is 6.91. The van der Waals surface area contributed by atoms with Crippen molar-refractivity contribution in [1.82, 2.24) is 0 Å². The normalized spacial score (nSPS) is 10.6. The molecule has 20 heavy (non-hydrogen) atoms. The van der Waals surface area contributed by atoms with Crippen molar-refractivity contribution in [3.63, 3.8) is 0 Å². The number of ether oxygens (including phenoxy) is 1. The Balaban J connectivity index is 2.05. The predicted octanol–water partition coefficient (Wildman–Crippen LogP) is 4.21. The summed E-state index contributed by atoms with van der Waals surface area (Å²) in [6, 6.07) is 10.1. The Morgan fingerprint density at radius 3 is 2.40 bits per heavy atom. The van der Waals surface area contributed by atoms with Crippen molar-refractivity contribution in [2.45, 2.75) is 13.0 Å². The molecule has 2 nitrogen and oxygen atoms in total. The van der Waals surface area contributed by atoms with Crippen LogP contribution in [0, 0.1) is 5.82 Å². The Labute approximate surface area is 127 Å². The van der Waals surface area contributed by atoms with Gasteiger partial charge in [0, 0.05) is 0 Å². The summed E-state index contributed by atoms with van der Waals surface area (Å²) in [4.78, 5) is 0. The Hall–Kier alpha value is -1.29. The van der Waals surface area contributed by atoms with E-state index >= 15 is 0 Å². The molecular formula is C15H14Cl2FNO. The van der Waals surface area contributed by atoms with Gasteiger partial charge in [-0.15, -0.1) is 0 Å². The highest BCUT2D eigenvalue weighted by atomic mass is 35.5. The van der Waals surface area contributed by atoms with Gasteiger partial charge >= 0.3 is 0 Å². The molecule has 0 aliphatic carbocycles. The van der Waals surface area contributed by atoms with Gasteiger partial charge in [-0.3, -0.25) is 0 Å². The summed E-state index contributed by atoms with van der Waals surface area (Å²) in [5, 5.41) is 0.614. The third kappa shape index (κ3) is 3.85. The van der Waals surface area contributed by atoms with E-state index in [1.807, 2.05) is 12.1 Å².